The van der Waals surface area contributed by atoms with Gasteiger partial charge in [0.25, 0.3) is 5.91 Å². The first kappa shape index (κ1) is 16.3. The van der Waals surface area contributed by atoms with E-state index in [9.17, 15) is 9.59 Å². The van der Waals surface area contributed by atoms with E-state index in [0.29, 0.717) is 17.1 Å². The van der Waals surface area contributed by atoms with Gasteiger partial charge in [0.2, 0.25) is 5.91 Å². The van der Waals surface area contributed by atoms with Gasteiger partial charge in [-0.3, -0.25) is 14.6 Å². The Labute approximate surface area is 143 Å². The Morgan fingerprint density at radius 3 is 2.36 bits per heavy atom. The quantitative estimate of drug-likeness (QED) is 0.743. The lowest BCUT2D eigenvalue weighted by atomic mass is 10.2. The summed E-state index contributed by atoms with van der Waals surface area (Å²) in [5.74, 6) is -0.507. The molecule has 0 fully saturated rings. The van der Waals surface area contributed by atoms with Crippen LogP contribution in [0.25, 0.3) is 0 Å². The number of hydrogen-bond acceptors (Lipinski definition) is 5. The van der Waals surface area contributed by atoms with Crippen LogP contribution in [0.15, 0.2) is 61.3 Å². The number of rotatable bonds is 5. The Bertz CT molecular complexity index is 847. The standard InChI is InChI=1S/C17H16N6O2/c1-12(23-11-18-10-20-23)16(24)21-13-5-7-14(8-6-13)22-17(25)15-4-2-3-9-19-15/h2-12H,1H3,(H,21,24)(H,22,25). The molecule has 2 heterocycles. The van der Waals surface area contributed by atoms with Crippen LogP contribution in [0, 0.1) is 0 Å². The van der Waals surface area contributed by atoms with Crippen molar-refractivity contribution in [2.45, 2.75) is 13.0 Å². The molecule has 8 heteroatoms. The van der Waals surface area contributed by atoms with E-state index < -0.39 is 6.04 Å². The second-order valence-corrected chi connectivity index (χ2v) is 5.29. The van der Waals surface area contributed by atoms with Gasteiger partial charge in [0.05, 0.1) is 0 Å². The monoisotopic (exact) mass is 336 g/mol. The number of carbonyl (C=O) groups excluding carboxylic acids is 2. The molecular formula is C17H16N6O2. The molecule has 0 aliphatic rings. The minimum Gasteiger partial charge on any atom is -0.324 e. The van der Waals surface area contributed by atoms with Crippen LogP contribution in [-0.4, -0.2) is 31.6 Å². The summed E-state index contributed by atoms with van der Waals surface area (Å²) in [6, 6.07) is 11.5. The first-order valence-electron chi connectivity index (χ1n) is 7.61. The Morgan fingerprint density at radius 1 is 1.04 bits per heavy atom. The van der Waals surface area contributed by atoms with Gasteiger partial charge in [-0.25, -0.2) is 9.67 Å². The molecule has 1 unspecified atom stereocenters. The molecule has 8 nitrogen and oxygen atoms in total. The zero-order valence-electron chi connectivity index (χ0n) is 13.5. The van der Waals surface area contributed by atoms with Gasteiger partial charge < -0.3 is 10.6 Å². The number of hydrogen-bond donors (Lipinski definition) is 2. The van der Waals surface area contributed by atoms with Crippen molar-refractivity contribution in [3.05, 3.63) is 67.0 Å². The van der Waals surface area contributed by atoms with Gasteiger partial charge in [-0.2, -0.15) is 5.10 Å². The molecule has 2 aromatic heterocycles. The summed E-state index contributed by atoms with van der Waals surface area (Å²) in [4.78, 5) is 32.0. The summed E-state index contributed by atoms with van der Waals surface area (Å²) in [6.45, 7) is 1.73. The van der Waals surface area contributed by atoms with Gasteiger partial charge in [-0.1, -0.05) is 6.07 Å². The fraction of sp³-hybridized carbons (Fsp3) is 0.118. The summed E-state index contributed by atoms with van der Waals surface area (Å²) in [5, 5.41) is 9.48. The lowest BCUT2D eigenvalue weighted by molar-refractivity contribution is -0.119. The molecule has 3 rings (SSSR count). The van der Waals surface area contributed by atoms with E-state index >= 15 is 0 Å². The maximum atomic E-state index is 12.2. The number of benzene rings is 1. The van der Waals surface area contributed by atoms with Gasteiger partial charge in [0, 0.05) is 17.6 Å². The van der Waals surface area contributed by atoms with Gasteiger partial charge in [0.1, 0.15) is 24.4 Å². The van der Waals surface area contributed by atoms with Crippen molar-refractivity contribution < 1.29 is 9.59 Å². The number of amides is 2. The molecule has 1 aromatic carbocycles. The van der Waals surface area contributed by atoms with E-state index in [-0.39, 0.29) is 11.8 Å². The molecule has 0 bridgehead atoms. The van der Waals surface area contributed by atoms with Crippen molar-refractivity contribution in [3.8, 4) is 0 Å². The molecular weight excluding hydrogens is 320 g/mol. The molecule has 2 N–H and O–H groups in total. The summed E-state index contributed by atoms with van der Waals surface area (Å²) in [6.07, 6.45) is 4.42. The average molecular weight is 336 g/mol. The number of pyridine rings is 1. The fourth-order valence-corrected chi connectivity index (χ4v) is 2.11. The highest BCUT2D eigenvalue weighted by Gasteiger charge is 2.15. The third-order valence-corrected chi connectivity index (χ3v) is 3.52. The normalized spacial score (nSPS) is 11.6. The highest BCUT2D eigenvalue weighted by atomic mass is 16.2. The third-order valence-electron chi connectivity index (χ3n) is 3.52. The van der Waals surface area contributed by atoms with Crippen LogP contribution in [0.2, 0.25) is 0 Å². The van der Waals surface area contributed by atoms with Gasteiger partial charge in [-0.15, -0.1) is 0 Å². The molecule has 0 saturated heterocycles. The van der Waals surface area contributed by atoms with E-state index in [1.807, 2.05) is 0 Å². The Balaban J connectivity index is 1.60. The second-order valence-electron chi connectivity index (χ2n) is 5.29. The number of nitrogens with one attached hydrogen (secondary N) is 2. The molecule has 2 amide bonds. The van der Waals surface area contributed by atoms with Crippen LogP contribution in [0.4, 0.5) is 11.4 Å². The average Bonchev–Trinajstić information content (AvgIpc) is 3.18. The number of nitrogens with zero attached hydrogens (tertiary/aromatic N) is 4. The zero-order chi connectivity index (χ0) is 17.6. The lowest BCUT2D eigenvalue weighted by Gasteiger charge is -2.12. The summed E-state index contributed by atoms with van der Waals surface area (Å²) in [7, 11) is 0. The van der Waals surface area contributed by atoms with Gasteiger partial charge in [-0.05, 0) is 43.3 Å². The second kappa shape index (κ2) is 7.35. The predicted octanol–water partition coefficient (Wildman–Crippen LogP) is 2.13. The number of aromatic nitrogens is 4. The minimum absolute atomic E-state index is 0.212. The van der Waals surface area contributed by atoms with E-state index in [1.54, 1.807) is 55.6 Å². The SMILES string of the molecule is CC(C(=O)Nc1ccc(NC(=O)c2ccccn2)cc1)n1cncn1. The van der Waals surface area contributed by atoms with E-state index in [0.717, 1.165) is 0 Å². The molecule has 25 heavy (non-hydrogen) atoms. The smallest absolute Gasteiger partial charge is 0.274 e. The Morgan fingerprint density at radius 2 is 1.76 bits per heavy atom. The van der Waals surface area contributed by atoms with Gasteiger partial charge in [0.15, 0.2) is 0 Å². The zero-order valence-corrected chi connectivity index (χ0v) is 13.5. The van der Waals surface area contributed by atoms with Crippen molar-refractivity contribution in [2.24, 2.45) is 0 Å². The summed E-state index contributed by atoms with van der Waals surface area (Å²) >= 11 is 0. The third kappa shape index (κ3) is 4.05. The molecule has 3 aromatic rings. The summed E-state index contributed by atoms with van der Waals surface area (Å²) in [5.41, 5.74) is 1.56. The molecule has 126 valence electrons. The lowest BCUT2D eigenvalue weighted by Crippen LogP contribution is -2.24. The molecule has 0 spiro atoms. The first-order chi connectivity index (χ1) is 12.1. The number of carbonyl (C=O) groups is 2. The van der Waals surface area contributed by atoms with Crippen LogP contribution >= 0.6 is 0 Å². The Kier molecular flexibility index (Phi) is 4.79. The highest BCUT2D eigenvalue weighted by Crippen LogP contribution is 2.16. The van der Waals surface area contributed by atoms with Crippen LogP contribution in [0.3, 0.4) is 0 Å². The highest BCUT2D eigenvalue weighted by molar-refractivity contribution is 6.03. The first-order valence-corrected chi connectivity index (χ1v) is 7.61. The minimum atomic E-state index is -0.481. The topological polar surface area (TPSA) is 102 Å². The maximum absolute atomic E-state index is 12.2. The predicted molar refractivity (Wildman–Crippen MR) is 92.0 cm³/mol. The molecule has 0 aliphatic heterocycles. The Hall–Kier alpha value is -3.55. The molecule has 0 radical (unpaired) electrons. The van der Waals surface area contributed by atoms with Gasteiger partial charge >= 0.3 is 0 Å². The van der Waals surface area contributed by atoms with Crippen molar-refractivity contribution in [1.82, 2.24) is 19.7 Å². The number of anilines is 2. The van der Waals surface area contributed by atoms with Crippen molar-refractivity contribution in [2.75, 3.05) is 10.6 Å². The molecule has 0 aliphatic carbocycles. The van der Waals surface area contributed by atoms with Crippen LogP contribution in [0.5, 0.6) is 0 Å². The fourth-order valence-electron chi connectivity index (χ4n) is 2.11. The van der Waals surface area contributed by atoms with E-state index in [2.05, 4.69) is 25.7 Å². The molecule has 1 atom stereocenters. The maximum Gasteiger partial charge on any atom is 0.274 e. The summed E-state index contributed by atoms with van der Waals surface area (Å²) < 4.78 is 1.47. The van der Waals surface area contributed by atoms with E-state index in [1.165, 1.54) is 17.3 Å². The van der Waals surface area contributed by atoms with Crippen LogP contribution < -0.4 is 10.6 Å². The van der Waals surface area contributed by atoms with Crippen molar-refractivity contribution in [3.63, 3.8) is 0 Å². The van der Waals surface area contributed by atoms with Crippen LogP contribution in [0.1, 0.15) is 23.5 Å². The largest absolute Gasteiger partial charge is 0.324 e. The van der Waals surface area contributed by atoms with Crippen molar-refractivity contribution in [1.29, 1.82) is 0 Å². The van der Waals surface area contributed by atoms with Crippen LogP contribution in [-0.2, 0) is 4.79 Å². The molecule has 0 saturated carbocycles. The van der Waals surface area contributed by atoms with Crippen molar-refractivity contribution >= 4 is 23.2 Å². The van der Waals surface area contributed by atoms with E-state index in [4.69, 9.17) is 0 Å².